The number of hydrogen-bond donors (Lipinski definition) is 1. The van der Waals surface area contributed by atoms with Gasteiger partial charge in [0.1, 0.15) is 6.61 Å². The molecule has 1 aromatic heterocycles. The number of anilines is 1. The number of furan rings is 1. The van der Waals surface area contributed by atoms with E-state index in [1.165, 1.54) is 6.07 Å². The van der Waals surface area contributed by atoms with E-state index in [9.17, 15) is 9.59 Å². The van der Waals surface area contributed by atoms with Crippen molar-refractivity contribution in [1.29, 1.82) is 0 Å². The lowest BCUT2D eigenvalue weighted by Crippen LogP contribution is -2.53. The molecule has 1 atom stereocenters. The Balaban J connectivity index is 2.33. The van der Waals surface area contributed by atoms with Crippen molar-refractivity contribution in [3.63, 3.8) is 0 Å². The van der Waals surface area contributed by atoms with Crippen molar-refractivity contribution >= 4 is 33.7 Å². The van der Waals surface area contributed by atoms with Crippen LogP contribution in [0, 0.1) is 0 Å². The number of nitrogens with zero attached hydrogens (tertiary/aromatic N) is 1. The van der Waals surface area contributed by atoms with Gasteiger partial charge in [-0.05, 0) is 22.0 Å². The summed E-state index contributed by atoms with van der Waals surface area (Å²) in [4.78, 5) is 23.6. The molecular weight excluding hydrogens is 282 g/mol. The van der Waals surface area contributed by atoms with Crippen LogP contribution >= 0.6 is 15.9 Å². The number of halogens is 1. The minimum absolute atomic E-state index is 0.0423. The van der Waals surface area contributed by atoms with E-state index >= 15 is 0 Å². The third-order valence-corrected chi connectivity index (χ3v) is 2.59. The zero-order valence-electron chi connectivity index (χ0n) is 8.05. The van der Waals surface area contributed by atoms with Gasteiger partial charge >= 0.3 is 5.97 Å². The maximum absolute atomic E-state index is 11.6. The van der Waals surface area contributed by atoms with Gasteiger partial charge in [0, 0.05) is 6.07 Å². The van der Waals surface area contributed by atoms with Crippen LogP contribution in [0.25, 0.3) is 0 Å². The van der Waals surface area contributed by atoms with Crippen molar-refractivity contribution < 1.29 is 23.8 Å². The van der Waals surface area contributed by atoms with E-state index in [1.807, 2.05) is 0 Å². The molecule has 2 rings (SSSR count). The molecule has 7 heteroatoms. The highest BCUT2D eigenvalue weighted by Crippen LogP contribution is 2.26. The molecule has 1 saturated heterocycles. The van der Waals surface area contributed by atoms with Gasteiger partial charge in [0.05, 0.1) is 6.61 Å². The topological polar surface area (TPSA) is 80.0 Å². The lowest BCUT2D eigenvalue weighted by molar-refractivity contribution is -0.145. The zero-order chi connectivity index (χ0) is 11.7. The molecule has 1 N–H and O–H groups in total. The van der Waals surface area contributed by atoms with E-state index in [0.29, 0.717) is 4.67 Å². The molecular formula is C9H8BrNO5. The molecule has 2 heterocycles. The molecule has 0 radical (unpaired) electrons. The fourth-order valence-electron chi connectivity index (χ4n) is 1.47. The minimum Gasteiger partial charge on any atom is -0.480 e. The average Bonchev–Trinajstić information content (AvgIpc) is 2.64. The summed E-state index contributed by atoms with van der Waals surface area (Å²) >= 11 is 3.09. The van der Waals surface area contributed by atoms with Crippen molar-refractivity contribution in [3.05, 3.63) is 16.8 Å². The smallest absolute Gasteiger partial charge is 0.329 e. The summed E-state index contributed by atoms with van der Waals surface area (Å²) in [6, 6.07) is 2.08. The summed E-state index contributed by atoms with van der Waals surface area (Å²) in [5.74, 6) is -1.35. The van der Waals surface area contributed by atoms with Gasteiger partial charge in [-0.3, -0.25) is 9.69 Å². The first-order valence-electron chi connectivity index (χ1n) is 4.47. The molecule has 86 valence electrons. The van der Waals surface area contributed by atoms with E-state index in [2.05, 4.69) is 15.9 Å². The van der Waals surface area contributed by atoms with Crippen LogP contribution in [-0.4, -0.2) is 36.2 Å². The summed E-state index contributed by atoms with van der Waals surface area (Å²) in [6.07, 6.45) is 0. The molecule has 1 aromatic rings. The number of amides is 1. The van der Waals surface area contributed by atoms with Crippen LogP contribution in [0.3, 0.4) is 0 Å². The second kappa shape index (κ2) is 4.26. The number of rotatable bonds is 2. The highest BCUT2D eigenvalue weighted by Gasteiger charge is 2.36. The van der Waals surface area contributed by atoms with E-state index in [1.54, 1.807) is 6.07 Å². The van der Waals surface area contributed by atoms with E-state index < -0.39 is 17.9 Å². The van der Waals surface area contributed by atoms with Crippen LogP contribution in [0.4, 0.5) is 5.88 Å². The SMILES string of the molecule is O=C(O)C1COCC(=O)N1c1ccc(Br)o1. The molecule has 0 aromatic carbocycles. The molecule has 0 bridgehead atoms. The quantitative estimate of drug-likeness (QED) is 0.873. The van der Waals surface area contributed by atoms with Crippen LogP contribution in [0.15, 0.2) is 21.2 Å². The molecule has 1 fully saturated rings. The molecule has 1 unspecified atom stereocenters. The maximum atomic E-state index is 11.6. The van der Waals surface area contributed by atoms with Gasteiger partial charge in [0.2, 0.25) is 5.88 Å². The van der Waals surface area contributed by atoms with Crippen LogP contribution in [-0.2, 0) is 14.3 Å². The van der Waals surface area contributed by atoms with Gasteiger partial charge < -0.3 is 14.3 Å². The number of aliphatic carboxylic acids is 1. The Bertz CT molecular complexity index is 429. The van der Waals surface area contributed by atoms with Crippen LogP contribution in [0.5, 0.6) is 0 Å². The second-order valence-electron chi connectivity index (χ2n) is 3.21. The molecule has 6 nitrogen and oxygen atoms in total. The van der Waals surface area contributed by atoms with E-state index in [0.717, 1.165) is 4.90 Å². The summed E-state index contributed by atoms with van der Waals surface area (Å²) in [6.45, 7) is -0.179. The summed E-state index contributed by atoms with van der Waals surface area (Å²) in [7, 11) is 0. The number of carbonyl (C=O) groups is 2. The Morgan fingerprint density at radius 1 is 1.56 bits per heavy atom. The van der Waals surface area contributed by atoms with E-state index in [-0.39, 0.29) is 19.1 Å². The standard InChI is InChI=1S/C9H8BrNO5/c10-6-1-2-8(16-6)11-5(9(13)14)3-15-4-7(11)12/h1-2,5H,3-4H2,(H,13,14). The van der Waals surface area contributed by atoms with Gasteiger partial charge in [0.15, 0.2) is 10.7 Å². The fourth-order valence-corrected chi connectivity index (χ4v) is 1.77. The molecule has 1 aliphatic rings. The van der Waals surface area contributed by atoms with Crippen molar-refractivity contribution in [2.24, 2.45) is 0 Å². The Morgan fingerprint density at radius 3 is 2.88 bits per heavy atom. The molecule has 16 heavy (non-hydrogen) atoms. The lowest BCUT2D eigenvalue weighted by Gasteiger charge is -2.30. The zero-order valence-corrected chi connectivity index (χ0v) is 9.64. The number of morpholine rings is 1. The third-order valence-electron chi connectivity index (χ3n) is 2.16. The van der Waals surface area contributed by atoms with Crippen molar-refractivity contribution in [2.45, 2.75) is 6.04 Å². The van der Waals surface area contributed by atoms with Gasteiger partial charge in [-0.1, -0.05) is 0 Å². The largest absolute Gasteiger partial charge is 0.480 e. The third kappa shape index (κ3) is 1.96. The minimum atomic E-state index is -1.12. The Hall–Kier alpha value is -1.34. The normalized spacial score (nSPS) is 21.2. The van der Waals surface area contributed by atoms with Crippen LogP contribution in [0.2, 0.25) is 0 Å². The van der Waals surface area contributed by atoms with Crippen molar-refractivity contribution in [2.75, 3.05) is 18.1 Å². The molecule has 1 aliphatic heterocycles. The first kappa shape index (κ1) is 11.2. The first-order valence-corrected chi connectivity index (χ1v) is 5.27. The van der Waals surface area contributed by atoms with Crippen LogP contribution in [0.1, 0.15) is 0 Å². The number of carboxylic acid groups (broad SMARTS) is 1. The summed E-state index contributed by atoms with van der Waals surface area (Å²) in [5.41, 5.74) is 0. The summed E-state index contributed by atoms with van der Waals surface area (Å²) < 4.78 is 10.5. The Labute approximate surface area is 98.9 Å². The predicted octanol–water partition coefficient (Wildman–Crippen LogP) is 0.858. The molecule has 0 saturated carbocycles. The molecule has 0 aliphatic carbocycles. The fraction of sp³-hybridized carbons (Fsp3) is 0.333. The average molecular weight is 290 g/mol. The van der Waals surface area contributed by atoms with Gasteiger partial charge in [-0.2, -0.15) is 0 Å². The van der Waals surface area contributed by atoms with Gasteiger partial charge in [-0.25, -0.2) is 4.79 Å². The number of ether oxygens (including phenoxy) is 1. The number of carboxylic acids is 1. The Kier molecular flexibility index (Phi) is 2.97. The van der Waals surface area contributed by atoms with Crippen molar-refractivity contribution in [1.82, 2.24) is 0 Å². The highest BCUT2D eigenvalue weighted by atomic mass is 79.9. The first-order chi connectivity index (χ1) is 7.59. The lowest BCUT2D eigenvalue weighted by atomic mass is 10.2. The molecule has 1 amide bonds. The number of hydrogen-bond acceptors (Lipinski definition) is 4. The monoisotopic (exact) mass is 289 g/mol. The van der Waals surface area contributed by atoms with E-state index in [4.69, 9.17) is 14.3 Å². The molecule has 0 spiro atoms. The predicted molar refractivity (Wildman–Crippen MR) is 56.1 cm³/mol. The Morgan fingerprint density at radius 2 is 2.31 bits per heavy atom. The second-order valence-corrected chi connectivity index (χ2v) is 3.99. The highest BCUT2D eigenvalue weighted by molar-refractivity contribution is 9.10. The van der Waals surface area contributed by atoms with Gasteiger partial charge in [0.25, 0.3) is 5.91 Å². The van der Waals surface area contributed by atoms with Crippen LogP contribution < -0.4 is 4.90 Å². The summed E-state index contributed by atoms with van der Waals surface area (Å²) in [5, 5.41) is 8.97. The van der Waals surface area contributed by atoms with Crippen molar-refractivity contribution in [3.8, 4) is 0 Å². The number of carbonyl (C=O) groups excluding carboxylic acids is 1. The van der Waals surface area contributed by atoms with Gasteiger partial charge in [-0.15, -0.1) is 0 Å². The maximum Gasteiger partial charge on any atom is 0.329 e.